The first-order valence-electron chi connectivity index (χ1n) is 7.95. The molecule has 0 saturated heterocycles. The molecule has 1 amide bonds. The van der Waals surface area contributed by atoms with Gasteiger partial charge in [-0.3, -0.25) is 9.48 Å². The van der Waals surface area contributed by atoms with Crippen molar-refractivity contribution in [3.05, 3.63) is 77.7 Å². The van der Waals surface area contributed by atoms with Gasteiger partial charge in [0.25, 0.3) is 5.91 Å². The van der Waals surface area contributed by atoms with E-state index in [0.717, 1.165) is 11.1 Å². The second-order valence-electron chi connectivity index (χ2n) is 5.56. The molecule has 2 aromatic heterocycles. The van der Waals surface area contributed by atoms with Gasteiger partial charge in [0.1, 0.15) is 5.03 Å². The van der Waals surface area contributed by atoms with Crippen LogP contribution in [0.5, 0.6) is 0 Å². The molecular weight excluding hydrogens is 377 g/mol. The van der Waals surface area contributed by atoms with E-state index in [1.165, 1.54) is 18.3 Å². The van der Waals surface area contributed by atoms with Crippen LogP contribution in [0.3, 0.4) is 0 Å². The number of nitrogens with one attached hydrogen (secondary N) is 1. The number of pyridine rings is 1. The second kappa shape index (κ2) is 8.26. The van der Waals surface area contributed by atoms with Gasteiger partial charge in [0.05, 0.1) is 12.1 Å². The fourth-order valence-corrected chi connectivity index (χ4v) is 3.08. The van der Waals surface area contributed by atoms with Crippen LogP contribution in [0.25, 0.3) is 0 Å². The first-order valence-corrected chi connectivity index (χ1v) is 8.77. The van der Waals surface area contributed by atoms with Crippen LogP contribution < -0.4 is 5.32 Å². The normalized spacial score (nSPS) is 11.4. The van der Waals surface area contributed by atoms with Crippen molar-refractivity contribution in [1.29, 1.82) is 0 Å². The van der Waals surface area contributed by atoms with Gasteiger partial charge in [0.2, 0.25) is 0 Å². The summed E-state index contributed by atoms with van der Waals surface area (Å²) < 4.78 is 39.7. The number of amides is 1. The van der Waals surface area contributed by atoms with Gasteiger partial charge in [-0.05, 0) is 29.3 Å². The first-order chi connectivity index (χ1) is 12.9. The number of hydrogen-bond acceptors (Lipinski definition) is 4. The van der Waals surface area contributed by atoms with Gasteiger partial charge in [0, 0.05) is 36.9 Å². The highest BCUT2D eigenvalue weighted by Crippen LogP contribution is 2.37. The zero-order valence-electron chi connectivity index (χ0n) is 14.0. The predicted molar refractivity (Wildman–Crippen MR) is 95.1 cm³/mol. The molecule has 0 aliphatic carbocycles. The lowest BCUT2D eigenvalue weighted by Gasteiger charge is -2.13. The number of thioether (sulfide) groups is 1. The molecule has 0 unspecified atom stereocenters. The smallest absolute Gasteiger partial charge is 0.348 e. The number of rotatable bonds is 6. The van der Waals surface area contributed by atoms with Crippen LogP contribution in [0.15, 0.2) is 66.1 Å². The molecule has 0 saturated carbocycles. The van der Waals surface area contributed by atoms with Crippen molar-refractivity contribution < 1.29 is 18.0 Å². The number of aromatic nitrogens is 3. The van der Waals surface area contributed by atoms with Gasteiger partial charge in [0.15, 0.2) is 0 Å². The zero-order valence-corrected chi connectivity index (χ0v) is 14.8. The third-order valence-electron chi connectivity index (χ3n) is 3.68. The van der Waals surface area contributed by atoms with Gasteiger partial charge < -0.3 is 5.32 Å². The lowest BCUT2D eigenvalue weighted by atomic mass is 10.1. The van der Waals surface area contributed by atoms with Crippen LogP contribution in [0, 0.1) is 0 Å². The molecular formula is C18H15F3N4OS. The molecule has 9 heteroatoms. The number of carbonyl (C=O) groups is 1. The third kappa shape index (κ3) is 5.33. The van der Waals surface area contributed by atoms with E-state index in [4.69, 9.17) is 0 Å². The van der Waals surface area contributed by atoms with Crippen LogP contribution in [-0.4, -0.2) is 26.2 Å². The molecule has 2 heterocycles. The van der Waals surface area contributed by atoms with Crippen LogP contribution in [0.1, 0.15) is 21.5 Å². The second-order valence-corrected chi connectivity index (χ2v) is 6.61. The molecule has 27 heavy (non-hydrogen) atoms. The van der Waals surface area contributed by atoms with E-state index in [1.807, 2.05) is 36.5 Å². The maximum absolute atomic E-state index is 12.7. The quantitative estimate of drug-likeness (QED) is 0.647. The highest BCUT2D eigenvalue weighted by atomic mass is 32.2. The van der Waals surface area contributed by atoms with E-state index in [9.17, 15) is 18.0 Å². The zero-order chi connectivity index (χ0) is 19.3. The number of hydrogen-bond donors (Lipinski definition) is 1. The van der Waals surface area contributed by atoms with Crippen molar-refractivity contribution in [2.75, 3.05) is 0 Å². The molecule has 0 atom stereocenters. The Bertz CT molecular complexity index is 913. The van der Waals surface area contributed by atoms with Crippen molar-refractivity contribution in [2.24, 2.45) is 0 Å². The summed E-state index contributed by atoms with van der Waals surface area (Å²) in [5, 5.41) is 6.46. The largest absolute Gasteiger partial charge is 0.447 e. The summed E-state index contributed by atoms with van der Waals surface area (Å²) in [6.45, 7) is 0.711. The number of halogens is 3. The molecule has 0 aliphatic heterocycles. The minimum absolute atomic E-state index is 0.107. The van der Waals surface area contributed by atoms with E-state index < -0.39 is 23.2 Å². The summed E-state index contributed by atoms with van der Waals surface area (Å²) in [5.74, 6) is -0.608. The lowest BCUT2D eigenvalue weighted by molar-refractivity contribution is -0.0329. The number of alkyl halides is 3. The van der Waals surface area contributed by atoms with E-state index >= 15 is 0 Å². The highest BCUT2D eigenvalue weighted by molar-refractivity contribution is 8.00. The van der Waals surface area contributed by atoms with Crippen molar-refractivity contribution in [3.63, 3.8) is 0 Å². The summed E-state index contributed by atoms with van der Waals surface area (Å²) in [5.41, 5.74) is -2.81. The number of benzene rings is 1. The molecule has 0 fully saturated rings. The van der Waals surface area contributed by atoms with Gasteiger partial charge >= 0.3 is 5.51 Å². The summed E-state index contributed by atoms with van der Waals surface area (Å²) >= 11 is -0.400. The van der Waals surface area contributed by atoms with Gasteiger partial charge in [-0.25, -0.2) is 4.98 Å². The third-order valence-corrected chi connectivity index (χ3v) is 4.43. The predicted octanol–water partition coefficient (Wildman–Crippen LogP) is 3.87. The Kier molecular flexibility index (Phi) is 5.80. The fourth-order valence-electron chi connectivity index (χ4n) is 2.48. The van der Waals surface area contributed by atoms with Crippen molar-refractivity contribution >= 4 is 17.7 Å². The van der Waals surface area contributed by atoms with Crippen molar-refractivity contribution in [3.8, 4) is 0 Å². The Morgan fingerprint density at radius 3 is 2.56 bits per heavy atom. The summed E-state index contributed by atoms with van der Waals surface area (Å²) in [6, 6.07) is 12.1. The van der Waals surface area contributed by atoms with Gasteiger partial charge in [-0.1, -0.05) is 24.3 Å². The summed E-state index contributed by atoms with van der Waals surface area (Å²) in [6.07, 6.45) is 4.72. The summed E-state index contributed by atoms with van der Waals surface area (Å²) in [4.78, 5) is 16.1. The Labute approximate surface area is 157 Å². The molecule has 0 aliphatic rings. The van der Waals surface area contributed by atoms with Gasteiger partial charge in [-0.15, -0.1) is 0 Å². The topological polar surface area (TPSA) is 59.8 Å². The van der Waals surface area contributed by atoms with E-state index in [2.05, 4.69) is 15.4 Å². The molecule has 3 rings (SSSR count). The molecule has 3 aromatic rings. The minimum Gasteiger partial charge on any atom is -0.348 e. The van der Waals surface area contributed by atoms with Crippen molar-refractivity contribution in [2.45, 2.75) is 23.6 Å². The Hall–Kier alpha value is -2.81. The molecule has 1 N–H and O–H groups in total. The lowest BCUT2D eigenvalue weighted by Crippen LogP contribution is -2.24. The summed E-state index contributed by atoms with van der Waals surface area (Å²) in [7, 11) is 0. The monoisotopic (exact) mass is 392 g/mol. The molecule has 1 aromatic carbocycles. The van der Waals surface area contributed by atoms with Crippen LogP contribution >= 0.6 is 11.8 Å². The Balaban J connectivity index is 1.72. The fraction of sp³-hybridized carbons (Fsp3) is 0.167. The molecule has 0 bridgehead atoms. The first kappa shape index (κ1) is 19.0. The molecule has 5 nitrogen and oxygen atoms in total. The Morgan fingerprint density at radius 1 is 1.07 bits per heavy atom. The van der Waals surface area contributed by atoms with Gasteiger partial charge in [-0.2, -0.15) is 18.3 Å². The minimum atomic E-state index is -4.51. The average molecular weight is 392 g/mol. The van der Waals surface area contributed by atoms with Crippen LogP contribution in [0.2, 0.25) is 0 Å². The standard InChI is InChI=1S/C18H15F3N4OS/c19-18(20,21)27-17-15(7-3-8-22-17)16(26)23-11-13-5-1-2-6-14(13)12-25-10-4-9-24-25/h1-10H,11-12H2,(H,23,26). The number of carbonyl (C=O) groups excluding carboxylic acids is 1. The molecule has 0 radical (unpaired) electrons. The SMILES string of the molecule is O=C(NCc1ccccc1Cn1cccn1)c1cccnc1SC(F)(F)F. The van der Waals surface area contributed by atoms with E-state index in [0.29, 0.717) is 6.54 Å². The average Bonchev–Trinajstić information content (AvgIpc) is 3.13. The maximum atomic E-state index is 12.7. The molecule has 0 spiro atoms. The van der Waals surface area contributed by atoms with E-state index in [-0.39, 0.29) is 17.1 Å². The maximum Gasteiger partial charge on any atom is 0.447 e. The van der Waals surface area contributed by atoms with E-state index in [1.54, 1.807) is 10.9 Å². The van der Waals surface area contributed by atoms with Crippen LogP contribution in [0.4, 0.5) is 13.2 Å². The number of nitrogens with zero attached hydrogens (tertiary/aromatic N) is 3. The molecule has 140 valence electrons. The Morgan fingerprint density at radius 2 is 1.85 bits per heavy atom. The van der Waals surface area contributed by atoms with Crippen LogP contribution in [-0.2, 0) is 13.1 Å². The van der Waals surface area contributed by atoms with Crippen molar-refractivity contribution in [1.82, 2.24) is 20.1 Å². The highest BCUT2D eigenvalue weighted by Gasteiger charge is 2.32.